The zero-order valence-corrected chi connectivity index (χ0v) is 15.6. The molecule has 3 heteroatoms. The molecule has 0 saturated carbocycles. The first-order valence-corrected chi connectivity index (χ1v) is 8.80. The van der Waals surface area contributed by atoms with E-state index in [0.717, 1.165) is 11.3 Å². The van der Waals surface area contributed by atoms with E-state index in [1.807, 2.05) is 12.1 Å². The van der Waals surface area contributed by atoms with Crippen LogP contribution in [0.1, 0.15) is 33.3 Å². The minimum atomic E-state index is 0.0247. The molecule has 0 aromatic heterocycles. The topological polar surface area (TPSA) is 35.5 Å². The summed E-state index contributed by atoms with van der Waals surface area (Å²) < 4.78 is 10.8. The van der Waals surface area contributed by atoms with Gasteiger partial charge < -0.3 is 9.47 Å². The van der Waals surface area contributed by atoms with Crippen molar-refractivity contribution in [1.82, 2.24) is 0 Å². The van der Waals surface area contributed by atoms with E-state index in [4.69, 9.17) is 9.47 Å². The maximum absolute atomic E-state index is 10.8. The molecule has 0 N–H and O–H groups in total. The van der Waals surface area contributed by atoms with E-state index in [0.29, 0.717) is 19.1 Å². The normalized spacial score (nSPS) is 19.6. The summed E-state index contributed by atoms with van der Waals surface area (Å²) in [6, 6.07) is 8.05. The Morgan fingerprint density at radius 3 is 2.48 bits per heavy atom. The summed E-state index contributed by atoms with van der Waals surface area (Å²) in [7, 11) is 0. The van der Waals surface area contributed by atoms with Gasteiger partial charge in [-0.2, -0.15) is 0 Å². The van der Waals surface area contributed by atoms with Crippen LogP contribution in [0.4, 0.5) is 0 Å². The number of carbonyl (C=O) groups excluding carboxylic acids is 1. The third kappa shape index (κ3) is 5.71. The van der Waals surface area contributed by atoms with Gasteiger partial charge in [-0.25, -0.2) is 0 Å². The summed E-state index contributed by atoms with van der Waals surface area (Å²) in [5.74, 6) is 1.38. The van der Waals surface area contributed by atoms with Crippen molar-refractivity contribution in [2.45, 2.75) is 27.7 Å². The van der Waals surface area contributed by atoms with Crippen LogP contribution < -0.4 is 4.74 Å². The van der Waals surface area contributed by atoms with Crippen molar-refractivity contribution in [2.75, 3.05) is 19.8 Å². The van der Waals surface area contributed by atoms with Crippen LogP contribution in [-0.4, -0.2) is 25.6 Å². The second-order valence-electron chi connectivity index (χ2n) is 6.96. The standard InChI is InChI=1S/C22H28O3/c1-17(2)22(4)12-5-6-19(11-13-22)20-7-9-21(10-8-20)25-15-14-24-16-18(3)23/h5-13,17H,14-16H2,1-4H3. The Balaban J connectivity index is 1.93. The number of ether oxygens (including phenoxy) is 2. The summed E-state index contributed by atoms with van der Waals surface area (Å²) in [6.45, 7) is 9.24. The Morgan fingerprint density at radius 1 is 1.12 bits per heavy atom. The predicted molar refractivity (Wildman–Crippen MR) is 103 cm³/mol. The zero-order chi connectivity index (χ0) is 18.3. The van der Waals surface area contributed by atoms with Gasteiger partial charge in [0, 0.05) is 5.41 Å². The molecule has 1 atom stereocenters. The van der Waals surface area contributed by atoms with Gasteiger partial charge in [0.05, 0.1) is 6.61 Å². The van der Waals surface area contributed by atoms with Gasteiger partial charge in [0.25, 0.3) is 0 Å². The van der Waals surface area contributed by atoms with E-state index >= 15 is 0 Å². The molecular formula is C22H28O3. The summed E-state index contributed by atoms with van der Waals surface area (Å²) in [5, 5.41) is 0. The molecule has 2 rings (SSSR count). The van der Waals surface area contributed by atoms with Crippen LogP contribution in [0.25, 0.3) is 5.57 Å². The largest absolute Gasteiger partial charge is 0.491 e. The van der Waals surface area contributed by atoms with E-state index in [1.54, 1.807) is 0 Å². The molecule has 25 heavy (non-hydrogen) atoms. The van der Waals surface area contributed by atoms with Crippen molar-refractivity contribution in [2.24, 2.45) is 11.3 Å². The summed E-state index contributed by atoms with van der Waals surface area (Å²) >= 11 is 0. The second kappa shape index (κ2) is 8.82. The van der Waals surface area contributed by atoms with Gasteiger partial charge in [-0.1, -0.05) is 63.3 Å². The lowest BCUT2D eigenvalue weighted by molar-refractivity contribution is -0.121. The molecule has 1 aliphatic rings. The van der Waals surface area contributed by atoms with Gasteiger partial charge in [-0.3, -0.25) is 4.79 Å². The maximum atomic E-state index is 10.8. The lowest BCUT2D eigenvalue weighted by atomic mass is 9.79. The monoisotopic (exact) mass is 340 g/mol. The van der Waals surface area contributed by atoms with Crippen LogP contribution in [0.2, 0.25) is 0 Å². The van der Waals surface area contributed by atoms with E-state index in [2.05, 4.69) is 63.3 Å². The average Bonchev–Trinajstić information content (AvgIpc) is 2.78. The number of hydrogen-bond donors (Lipinski definition) is 0. The quantitative estimate of drug-likeness (QED) is 0.635. The number of ketones is 1. The highest BCUT2D eigenvalue weighted by atomic mass is 16.5. The molecule has 1 aromatic carbocycles. The van der Waals surface area contributed by atoms with Gasteiger partial charge in [0.15, 0.2) is 5.78 Å². The Bertz CT molecular complexity index is 665. The Kier molecular flexibility index (Phi) is 6.77. The molecule has 0 amide bonds. The first kappa shape index (κ1) is 19.2. The molecule has 0 saturated heterocycles. The van der Waals surface area contributed by atoms with Crippen molar-refractivity contribution in [3.8, 4) is 5.75 Å². The van der Waals surface area contributed by atoms with E-state index in [1.165, 1.54) is 12.5 Å². The molecule has 1 unspecified atom stereocenters. The van der Waals surface area contributed by atoms with Crippen LogP contribution >= 0.6 is 0 Å². The number of rotatable bonds is 8. The van der Waals surface area contributed by atoms with Gasteiger partial charge in [0.2, 0.25) is 0 Å². The number of hydrogen-bond acceptors (Lipinski definition) is 3. The molecule has 0 fully saturated rings. The minimum Gasteiger partial charge on any atom is -0.491 e. The van der Waals surface area contributed by atoms with Crippen molar-refractivity contribution in [3.05, 3.63) is 60.2 Å². The molecular weight excluding hydrogens is 312 g/mol. The highest BCUT2D eigenvalue weighted by Crippen LogP contribution is 2.34. The first-order valence-electron chi connectivity index (χ1n) is 8.80. The fraction of sp³-hybridized carbons (Fsp3) is 0.409. The minimum absolute atomic E-state index is 0.0247. The van der Waals surface area contributed by atoms with E-state index in [-0.39, 0.29) is 17.8 Å². The molecule has 0 aliphatic heterocycles. The number of carbonyl (C=O) groups is 1. The Morgan fingerprint density at radius 2 is 1.84 bits per heavy atom. The second-order valence-corrected chi connectivity index (χ2v) is 6.96. The molecule has 0 radical (unpaired) electrons. The van der Waals surface area contributed by atoms with Crippen LogP contribution in [0.5, 0.6) is 5.75 Å². The van der Waals surface area contributed by atoms with E-state index < -0.39 is 0 Å². The molecule has 3 nitrogen and oxygen atoms in total. The van der Waals surface area contributed by atoms with Gasteiger partial charge in [-0.05, 0) is 36.1 Å². The lowest BCUT2D eigenvalue weighted by Crippen LogP contribution is -2.17. The Hall–Kier alpha value is -2.13. The molecule has 1 aromatic rings. The summed E-state index contributed by atoms with van der Waals surface area (Å²) in [6.07, 6.45) is 11.0. The van der Waals surface area contributed by atoms with Crippen LogP contribution in [-0.2, 0) is 9.53 Å². The van der Waals surface area contributed by atoms with Crippen molar-refractivity contribution < 1.29 is 14.3 Å². The third-order valence-corrected chi connectivity index (χ3v) is 4.59. The number of allylic oxidation sites excluding steroid dienone is 6. The molecule has 0 spiro atoms. The Labute approximate surface area is 151 Å². The first-order chi connectivity index (χ1) is 11.9. The predicted octanol–water partition coefficient (Wildman–Crippen LogP) is 4.84. The molecule has 1 aliphatic carbocycles. The molecule has 0 bridgehead atoms. The average molecular weight is 340 g/mol. The number of benzene rings is 1. The smallest absolute Gasteiger partial charge is 0.155 e. The van der Waals surface area contributed by atoms with Crippen LogP contribution in [0.3, 0.4) is 0 Å². The van der Waals surface area contributed by atoms with Crippen molar-refractivity contribution >= 4 is 11.4 Å². The van der Waals surface area contributed by atoms with Crippen LogP contribution in [0.15, 0.2) is 54.6 Å². The zero-order valence-electron chi connectivity index (χ0n) is 15.6. The lowest BCUT2D eigenvalue weighted by Gasteiger charge is -2.26. The highest BCUT2D eigenvalue weighted by molar-refractivity contribution is 5.77. The fourth-order valence-electron chi connectivity index (χ4n) is 2.49. The van der Waals surface area contributed by atoms with Gasteiger partial charge in [0.1, 0.15) is 19.0 Å². The maximum Gasteiger partial charge on any atom is 0.155 e. The molecule has 134 valence electrons. The highest BCUT2D eigenvalue weighted by Gasteiger charge is 2.22. The summed E-state index contributed by atoms with van der Waals surface area (Å²) in [5.41, 5.74) is 2.44. The van der Waals surface area contributed by atoms with Gasteiger partial charge in [-0.15, -0.1) is 0 Å². The van der Waals surface area contributed by atoms with Crippen LogP contribution in [0, 0.1) is 11.3 Å². The van der Waals surface area contributed by atoms with E-state index in [9.17, 15) is 4.79 Å². The summed E-state index contributed by atoms with van der Waals surface area (Å²) in [4.78, 5) is 10.8. The fourth-order valence-corrected chi connectivity index (χ4v) is 2.49. The van der Waals surface area contributed by atoms with Gasteiger partial charge >= 0.3 is 0 Å². The van der Waals surface area contributed by atoms with Crippen molar-refractivity contribution in [1.29, 1.82) is 0 Å². The third-order valence-electron chi connectivity index (χ3n) is 4.59. The molecule has 0 heterocycles. The van der Waals surface area contributed by atoms with Crippen molar-refractivity contribution in [3.63, 3.8) is 0 Å². The SMILES string of the molecule is CC(=O)COCCOc1ccc(C2=CC=CC(C)(C(C)C)C=C2)cc1. The number of Topliss-reactive ketones (excluding diaryl/α,β-unsaturated/α-hetero) is 1.